The molecule has 0 radical (unpaired) electrons. The Labute approximate surface area is 183 Å². The molecule has 1 aliphatic heterocycles. The van der Waals surface area contributed by atoms with Crippen LogP contribution in [0.3, 0.4) is 0 Å². The Hall–Kier alpha value is -3.20. The number of benzene rings is 1. The summed E-state index contributed by atoms with van der Waals surface area (Å²) in [6.07, 6.45) is 3.69. The summed E-state index contributed by atoms with van der Waals surface area (Å²) in [6, 6.07) is 11.0. The summed E-state index contributed by atoms with van der Waals surface area (Å²) in [5, 5.41) is 3.84. The number of nitrogens with one attached hydrogen (secondary N) is 1. The van der Waals surface area contributed by atoms with E-state index in [0.717, 1.165) is 41.4 Å². The molecule has 2 fully saturated rings. The molecule has 0 spiro atoms. The van der Waals surface area contributed by atoms with Crippen LogP contribution in [-0.4, -0.2) is 59.5 Å². The van der Waals surface area contributed by atoms with Crippen LogP contribution in [0.1, 0.15) is 12.8 Å². The molecule has 0 unspecified atom stereocenters. The number of fused-ring (bicyclic) bond motifs is 1. The number of hydrogen-bond acceptors (Lipinski definition) is 7. The first-order valence-corrected chi connectivity index (χ1v) is 11.3. The zero-order valence-corrected chi connectivity index (χ0v) is 17.8. The number of hydrogen-bond donors (Lipinski definition) is 1. The minimum Gasteiger partial charge on any atom is -0.484 e. The molecule has 0 atom stereocenters. The molecule has 5 rings (SSSR count). The van der Waals surface area contributed by atoms with Crippen molar-refractivity contribution in [3.05, 3.63) is 42.6 Å². The Kier molecular flexibility index (Phi) is 5.42. The number of aromatic nitrogens is 2. The smallest absolute Gasteiger partial charge is 0.260 e. The van der Waals surface area contributed by atoms with Gasteiger partial charge in [-0.15, -0.1) is 0 Å². The number of pyridine rings is 1. The summed E-state index contributed by atoms with van der Waals surface area (Å²) in [5.41, 5.74) is 1.60. The molecular weight excluding hydrogens is 414 g/mol. The van der Waals surface area contributed by atoms with Gasteiger partial charge in [0.15, 0.2) is 11.7 Å². The summed E-state index contributed by atoms with van der Waals surface area (Å²) in [4.78, 5) is 38.5. The standard InChI is InChI=1S/C22H23N5O3S/c28-19(14-30-17-4-1-3-16(13-17)24-20(29)15-6-7-15)26-9-11-27(12-10-26)22-25-18-5-2-8-23-21(18)31-22/h1-5,8,13,15H,6-7,9-12,14H2,(H,24,29). The monoisotopic (exact) mass is 437 g/mol. The maximum Gasteiger partial charge on any atom is 0.260 e. The molecular formula is C22H23N5O3S. The molecule has 2 aliphatic rings. The Bertz CT molecular complexity index is 1070. The Morgan fingerprint density at radius 2 is 1.97 bits per heavy atom. The van der Waals surface area contributed by atoms with E-state index in [1.165, 1.54) is 0 Å². The van der Waals surface area contributed by atoms with E-state index in [4.69, 9.17) is 4.74 Å². The van der Waals surface area contributed by atoms with Crippen LogP contribution in [0, 0.1) is 5.92 Å². The number of amides is 2. The van der Waals surface area contributed by atoms with Crippen LogP contribution in [0.15, 0.2) is 42.6 Å². The average Bonchev–Trinajstić information content (AvgIpc) is 3.56. The van der Waals surface area contributed by atoms with Gasteiger partial charge in [-0.3, -0.25) is 9.59 Å². The van der Waals surface area contributed by atoms with Crippen LogP contribution >= 0.6 is 11.3 Å². The SMILES string of the molecule is O=C(Nc1cccc(OCC(=O)N2CCN(c3nc4cccnc4s3)CC2)c1)C1CC1. The quantitative estimate of drug-likeness (QED) is 0.638. The van der Waals surface area contributed by atoms with Crippen molar-refractivity contribution >= 4 is 44.3 Å². The van der Waals surface area contributed by atoms with Crippen molar-refractivity contribution in [1.82, 2.24) is 14.9 Å². The van der Waals surface area contributed by atoms with Crippen LogP contribution in [0.4, 0.5) is 10.8 Å². The van der Waals surface area contributed by atoms with Gasteiger partial charge in [0.25, 0.3) is 5.91 Å². The molecule has 1 aliphatic carbocycles. The zero-order chi connectivity index (χ0) is 21.2. The van der Waals surface area contributed by atoms with Crippen LogP contribution in [-0.2, 0) is 9.59 Å². The Balaban J connectivity index is 1.12. The molecule has 3 heterocycles. The number of thiazole rings is 1. The van der Waals surface area contributed by atoms with Crippen LogP contribution < -0.4 is 15.0 Å². The van der Waals surface area contributed by atoms with E-state index < -0.39 is 0 Å². The fraction of sp³-hybridized carbons (Fsp3) is 0.364. The second-order valence-electron chi connectivity index (χ2n) is 7.77. The molecule has 3 aromatic rings. The van der Waals surface area contributed by atoms with Crippen LogP contribution in [0.5, 0.6) is 5.75 Å². The van der Waals surface area contributed by atoms with E-state index in [2.05, 4.69) is 20.2 Å². The minimum atomic E-state index is -0.0435. The molecule has 160 valence electrons. The van der Waals surface area contributed by atoms with Crippen molar-refractivity contribution in [2.75, 3.05) is 43.0 Å². The second-order valence-corrected chi connectivity index (χ2v) is 8.73. The lowest BCUT2D eigenvalue weighted by Crippen LogP contribution is -2.50. The molecule has 1 saturated carbocycles. The highest BCUT2D eigenvalue weighted by Gasteiger charge is 2.29. The molecule has 2 aromatic heterocycles. The van der Waals surface area contributed by atoms with E-state index in [9.17, 15) is 9.59 Å². The third-order valence-corrected chi connectivity index (χ3v) is 6.51. The van der Waals surface area contributed by atoms with Crippen molar-refractivity contribution in [3.8, 4) is 5.75 Å². The molecule has 0 bridgehead atoms. The summed E-state index contributed by atoms with van der Waals surface area (Å²) in [5.74, 6) is 0.722. The van der Waals surface area contributed by atoms with Gasteiger partial charge < -0.3 is 19.9 Å². The van der Waals surface area contributed by atoms with Gasteiger partial charge in [-0.1, -0.05) is 17.4 Å². The third kappa shape index (κ3) is 4.61. The Morgan fingerprint density at radius 3 is 2.74 bits per heavy atom. The van der Waals surface area contributed by atoms with Gasteiger partial charge in [-0.05, 0) is 37.1 Å². The van der Waals surface area contributed by atoms with Crippen molar-refractivity contribution in [2.45, 2.75) is 12.8 Å². The highest BCUT2D eigenvalue weighted by molar-refractivity contribution is 7.21. The van der Waals surface area contributed by atoms with Crippen LogP contribution in [0.25, 0.3) is 10.3 Å². The minimum absolute atomic E-state index is 0.0227. The predicted molar refractivity (Wildman–Crippen MR) is 119 cm³/mol. The van der Waals surface area contributed by atoms with E-state index in [1.54, 1.807) is 29.7 Å². The Morgan fingerprint density at radius 1 is 1.13 bits per heavy atom. The van der Waals surface area contributed by atoms with E-state index >= 15 is 0 Å². The maximum absolute atomic E-state index is 12.6. The molecule has 1 saturated heterocycles. The van der Waals surface area contributed by atoms with Crippen molar-refractivity contribution < 1.29 is 14.3 Å². The number of piperazine rings is 1. The molecule has 9 heteroatoms. The molecule has 1 N–H and O–H groups in total. The highest BCUT2D eigenvalue weighted by Crippen LogP contribution is 2.31. The zero-order valence-electron chi connectivity index (χ0n) is 17.0. The van der Waals surface area contributed by atoms with Gasteiger partial charge in [0.05, 0.1) is 0 Å². The fourth-order valence-electron chi connectivity index (χ4n) is 3.53. The number of anilines is 2. The predicted octanol–water partition coefficient (Wildman–Crippen LogP) is 2.77. The second kappa shape index (κ2) is 8.50. The summed E-state index contributed by atoms with van der Waals surface area (Å²) < 4.78 is 5.70. The van der Waals surface area contributed by atoms with Gasteiger partial charge in [-0.2, -0.15) is 0 Å². The number of carbonyl (C=O) groups is 2. The van der Waals surface area contributed by atoms with Gasteiger partial charge >= 0.3 is 0 Å². The number of rotatable bonds is 6. The topological polar surface area (TPSA) is 87.7 Å². The number of nitrogens with zero attached hydrogens (tertiary/aromatic N) is 4. The number of carbonyl (C=O) groups excluding carboxylic acids is 2. The first kappa shape index (κ1) is 19.7. The normalized spacial score (nSPS) is 16.4. The van der Waals surface area contributed by atoms with Gasteiger partial charge in [-0.25, -0.2) is 9.97 Å². The van der Waals surface area contributed by atoms with Crippen molar-refractivity contribution in [3.63, 3.8) is 0 Å². The van der Waals surface area contributed by atoms with Crippen molar-refractivity contribution in [1.29, 1.82) is 0 Å². The summed E-state index contributed by atoms with van der Waals surface area (Å²) >= 11 is 1.58. The molecule has 1 aromatic carbocycles. The van der Waals surface area contributed by atoms with E-state index in [0.29, 0.717) is 24.5 Å². The lowest BCUT2D eigenvalue weighted by molar-refractivity contribution is -0.133. The van der Waals surface area contributed by atoms with Gasteiger partial charge in [0.2, 0.25) is 5.91 Å². The lowest BCUT2D eigenvalue weighted by atomic mass is 10.3. The third-order valence-electron chi connectivity index (χ3n) is 5.47. The maximum atomic E-state index is 12.6. The molecule has 8 nitrogen and oxygen atoms in total. The van der Waals surface area contributed by atoms with Gasteiger partial charge in [0, 0.05) is 50.0 Å². The summed E-state index contributed by atoms with van der Waals surface area (Å²) in [7, 11) is 0. The van der Waals surface area contributed by atoms with Crippen LogP contribution in [0.2, 0.25) is 0 Å². The number of ether oxygens (including phenoxy) is 1. The van der Waals surface area contributed by atoms with E-state index in [1.807, 2.05) is 29.2 Å². The molecule has 31 heavy (non-hydrogen) atoms. The summed E-state index contributed by atoms with van der Waals surface area (Å²) in [6.45, 7) is 2.69. The lowest BCUT2D eigenvalue weighted by Gasteiger charge is -2.34. The molecule has 2 amide bonds. The fourth-order valence-corrected chi connectivity index (χ4v) is 4.49. The van der Waals surface area contributed by atoms with Gasteiger partial charge in [0.1, 0.15) is 16.1 Å². The highest BCUT2D eigenvalue weighted by atomic mass is 32.1. The van der Waals surface area contributed by atoms with Crippen molar-refractivity contribution in [2.24, 2.45) is 5.92 Å². The first-order chi connectivity index (χ1) is 15.2. The first-order valence-electron chi connectivity index (χ1n) is 10.4. The van der Waals surface area contributed by atoms with E-state index in [-0.39, 0.29) is 24.3 Å². The largest absolute Gasteiger partial charge is 0.484 e. The average molecular weight is 438 g/mol.